The van der Waals surface area contributed by atoms with E-state index in [9.17, 15) is 0 Å². The average molecular weight is 190 g/mol. The molecule has 0 aromatic rings. The van der Waals surface area contributed by atoms with E-state index >= 15 is 0 Å². The Balaban J connectivity index is 2.43. The van der Waals surface area contributed by atoms with Gasteiger partial charge < -0.3 is 0 Å². The molecule has 0 spiro atoms. The maximum Gasteiger partial charge on any atom is 0.0988 e. The predicted molar refractivity (Wildman–Crippen MR) is 70.3 cm³/mol. The topological polar surface area (TPSA) is 0 Å². The smallest absolute Gasteiger partial charge is 0.0988 e. The highest BCUT2D eigenvalue weighted by Crippen LogP contribution is 2.38. The molecular weight excluding hydrogens is 166 g/mol. The Bertz CT molecular complexity index is 203. The average Bonchev–Trinajstić information content (AvgIpc) is 2.01. The molecule has 0 heterocycles. The molecule has 0 amide bonds. The van der Waals surface area contributed by atoms with Gasteiger partial charge in [-0.25, -0.2) is 0 Å². The molecule has 1 fully saturated rings. The summed E-state index contributed by atoms with van der Waals surface area (Å²) in [6.07, 6.45) is 6.72. The minimum atomic E-state index is 0.484. The Morgan fingerprint density at radius 3 is 2.71 bits per heavy atom. The zero-order chi connectivity index (χ0) is 10.8. The van der Waals surface area contributed by atoms with Crippen molar-refractivity contribution in [3.05, 3.63) is 12.2 Å². The summed E-state index contributed by atoms with van der Waals surface area (Å²) in [5.41, 5.74) is 1.49. The highest BCUT2D eigenvalue weighted by atomic mass is 14.3. The molecule has 1 aliphatic rings. The molecule has 2 atom stereocenters. The lowest BCUT2D eigenvalue weighted by atomic mass is 9.51. The van der Waals surface area contributed by atoms with E-state index in [1.807, 2.05) is 0 Å². The van der Waals surface area contributed by atoms with Crippen LogP contribution in [0.15, 0.2) is 12.2 Å². The summed E-state index contributed by atoms with van der Waals surface area (Å²) in [6, 6.07) is 0. The first-order valence-electron chi connectivity index (χ1n) is 6.05. The van der Waals surface area contributed by atoms with E-state index < -0.39 is 0 Å². The first-order chi connectivity index (χ1) is 6.38. The first kappa shape index (κ1) is 11.9. The summed E-state index contributed by atoms with van der Waals surface area (Å²) in [4.78, 5) is 0. The number of rotatable bonds is 3. The molecule has 0 saturated heterocycles. The molecule has 0 aromatic carbocycles. The van der Waals surface area contributed by atoms with Crippen LogP contribution in [0, 0.1) is 11.8 Å². The predicted octanol–water partition coefficient (Wildman–Crippen LogP) is 2.16. The van der Waals surface area contributed by atoms with Crippen LogP contribution in [0.25, 0.3) is 0 Å². The van der Waals surface area contributed by atoms with Gasteiger partial charge >= 0.3 is 0 Å². The molecule has 0 nitrogen and oxygen atoms in total. The summed E-state index contributed by atoms with van der Waals surface area (Å²) in [6.45, 7) is 8.92. The minimum absolute atomic E-state index is 0.484. The Kier molecular flexibility index (Phi) is 3.92. The van der Waals surface area contributed by atoms with Crippen LogP contribution in [0.2, 0.25) is 5.21 Å². The van der Waals surface area contributed by atoms with Crippen LogP contribution in [0.4, 0.5) is 0 Å². The third-order valence-corrected chi connectivity index (χ3v) is 3.40. The fraction of sp³-hybridized carbons (Fsp3) is 0.833. The van der Waals surface area contributed by atoms with E-state index in [1.54, 1.807) is 0 Å². The normalized spacial score (nSPS) is 26.1. The molecule has 2 unspecified atom stereocenters. The molecule has 1 rings (SSSR count). The minimum Gasteiger partial charge on any atom is -0.0999 e. The second-order valence-electron chi connectivity index (χ2n) is 6.35. The van der Waals surface area contributed by atoms with Crippen molar-refractivity contribution in [1.29, 1.82) is 0 Å². The zero-order valence-corrected chi connectivity index (χ0v) is 10.4. The number of allylic oxidation sites excluding steroid dienone is 1. The van der Waals surface area contributed by atoms with Crippen molar-refractivity contribution in [3.8, 4) is 0 Å². The van der Waals surface area contributed by atoms with Gasteiger partial charge in [-0.15, -0.1) is 0 Å². The quantitative estimate of drug-likeness (QED) is 0.472. The van der Waals surface area contributed by atoms with E-state index in [4.69, 9.17) is 0 Å². The zero-order valence-electron chi connectivity index (χ0n) is 10.4. The largest absolute Gasteiger partial charge is 0.0999 e. The van der Waals surface area contributed by atoms with Crippen LogP contribution in [0.1, 0.15) is 46.0 Å². The van der Waals surface area contributed by atoms with Crippen LogP contribution >= 0.6 is 0 Å². The lowest BCUT2D eigenvalue weighted by Crippen LogP contribution is -2.21. The van der Waals surface area contributed by atoms with E-state index in [1.165, 1.54) is 37.7 Å². The first-order valence-corrected chi connectivity index (χ1v) is 6.05. The van der Waals surface area contributed by atoms with Crippen molar-refractivity contribution in [1.82, 2.24) is 0 Å². The van der Waals surface area contributed by atoms with Crippen LogP contribution in [-0.4, -0.2) is 15.7 Å². The second kappa shape index (κ2) is 4.59. The molecular formula is C12H24B2. The maximum atomic E-state index is 4.14. The van der Waals surface area contributed by atoms with E-state index in [2.05, 4.69) is 36.1 Å². The van der Waals surface area contributed by atoms with Crippen molar-refractivity contribution in [2.75, 3.05) is 0 Å². The van der Waals surface area contributed by atoms with Gasteiger partial charge in [0.25, 0.3) is 0 Å². The summed E-state index contributed by atoms with van der Waals surface area (Å²) in [7, 11) is 4.70. The second-order valence-corrected chi connectivity index (χ2v) is 6.35. The summed E-state index contributed by atoms with van der Waals surface area (Å²) < 4.78 is 0. The van der Waals surface area contributed by atoms with Crippen LogP contribution in [-0.2, 0) is 0 Å². The Morgan fingerprint density at radius 2 is 2.21 bits per heavy atom. The molecule has 0 aromatic heterocycles. The van der Waals surface area contributed by atoms with Gasteiger partial charge in [0, 0.05) is 0 Å². The van der Waals surface area contributed by atoms with E-state index in [0.717, 1.165) is 11.8 Å². The van der Waals surface area contributed by atoms with Gasteiger partial charge in [0.2, 0.25) is 0 Å². The van der Waals surface area contributed by atoms with Gasteiger partial charge in [0.15, 0.2) is 0 Å². The Hall–Kier alpha value is -0.130. The van der Waals surface area contributed by atoms with Gasteiger partial charge in [-0.05, 0) is 37.5 Å². The fourth-order valence-corrected chi connectivity index (χ4v) is 2.81. The maximum absolute atomic E-state index is 4.14. The Morgan fingerprint density at radius 1 is 1.57 bits per heavy atom. The number of hydrogen-bond donors (Lipinski definition) is 0. The van der Waals surface area contributed by atoms with Crippen LogP contribution < -0.4 is 0 Å². The number of hydrogen-bond acceptors (Lipinski definition) is 0. The van der Waals surface area contributed by atoms with Crippen molar-refractivity contribution < 1.29 is 0 Å². The molecule has 0 N–H and O–H groups in total. The third-order valence-electron chi connectivity index (χ3n) is 3.40. The standard InChI is InChI=1S/C12H24B2/c1-9-5-4-6-11(7-9)10(2)8-12(3,13)14/h10-11H,1,4-8,13-14H2,2-3H3. The van der Waals surface area contributed by atoms with Crippen molar-refractivity contribution in [3.63, 3.8) is 0 Å². The molecule has 2 heteroatoms. The van der Waals surface area contributed by atoms with E-state index in [-0.39, 0.29) is 0 Å². The molecule has 78 valence electrons. The van der Waals surface area contributed by atoms with Crippen LogP contribution in [0.5, 0.6) is 0 Å². The SMILES string of the molecule is BC(B)(C)CC(C)C1CCCC(=C)C1. The van der Waals surface area contributed by atoms with E-state index in [0.29, 0.717) is 5.21 Å². The van der Waals surface area contributed by atoms with Gasteiger partial charge in [-0.3, -0.25) is 0 Å². The van der Waals surface area contributed by atoms with Gasteiger partial charge in [0.05, 0.1) is 15.7 Å². The Labute approximate surface area is 91.4 Å². The molecule has 1 saturated carbocycles. The van der Waals surface area contributed by atoms with Crippen molar-refractivity contribution in [2.45, 2.75) is 51.2 Å². The molecule has 0 aliphatic heterocycles. The van der Waals surface area contributed by atoms with Crippen LogP contribution in [0.3, 0.4) is 0 Å². The third kappa shape index (κ3) is 3.94. The molecule has 0 radical (unpaired) electrons. The molecule has 0 bridgehead atoms. The molecule has 14 heavy (non-hydrogen) atoms. The van der Waals surface area contributed by atoms with Gasteiger partial charge in [0.1, 0.15) is 0 Å². The van der Waals surface area contributed by atoms with Crippen molar-refractivity contribution >= 4 is 15.7 Å². The highest BCUT2D eigenvalue weighted by molar-refractivity contribution is 6.39. The van der Waals surface area contributed by atoms with Crippen molar-refractivity contribution in [2.24, 2.45) is 11.8 Å². The summed E-state index contributed by atoms with van der Waals surface area (Å²) in [5.74, 6) is 1.78. The fourth-order valence-electron chi connectivity index (χ4n) is 2.81. The highest BCUT2D eigenvalue weighted by Gasteiger charge is 2.25. The lowest BCUT2D eigenvalue weighted by Gasteiger charge is -2.33. The van der Waals surface area contributed by atoms with Gasteiger partial charge in [-0.1, -0.05) is 37.6 Å². The lowest BCUT2D eigenvalue weighted by molar-refractivity contribution is 0.279. The summed E-state index contributed by atoms with van der Waals surface area (Å²) in [5, 5.41) is 0.484. The molecule has 1 aliphatic carbocycles. The summed E-state index contributed by atoms with van der Waals surface area (Å²) >= 11 is 0. The monoisotopic (exact) mass is 190 g/mol. The van der Waals surface area contributed by atoms with Gasteiger partial charge in [-0.2, -0.15) is 0 Å².